The van der Waals surface area contributed by atoms with Crippen LogP contribution in [0.25, 0.3) is 0 Å². The lowest BCUT2D eigenvalue weighted by molar-refractivity contribution is 0.215. The van der Waals surface area contributed by atoms with Gasteiger partial charge in [0.1, 0.15) is 29.2 Å². The molecule has 0 heterocycles. The van der Waals surface area contributed by atoms with Gasteiger partial charge in [-0.05, 0) is 31.2 Å². The van der Waals surface area contributed by atoms with Crippen LogP contribution in [0.15, 0.2) is 36.4 Å². The van der Waals surface area contributed by atoms with E-state index in [4.69, 9.17) is 15.2 Å². The van der Waals surface area contributed by atoms with Crippen molar-refractivity contribution in [2.45, 2.75) is 13.0 Å². The van der Waals surface area contributed by atoms with Crippen molar-refractivity contribution in [2.75, 3.05) is 12.8 Å². The van der Waals surface area contributed by atoms with Crippen LogP contribution in [-0.2, 0) is 0 Å². The number of halogens is 2. The summed E-state index contributed by atoms with van der Waals surface area (Å²) in [5.74, 6) is -0.185. The molecule has 2 rings (SSSR count). The van der Waals surface area contributed by atoms with E-state index in [0.29, 0.717) is 17.1 Å². The predicted molar refractivity (Wildman–Crippen MR) is 72.8 cm³/mol. The largest absolute Gasteiger partial charge is 0.496 e. The Morgan fingerprint density at radius 3 is 2.50 bits per heavy atom. The second-order valence-corrected chi connectivity index (χ2v) is 4.30. The van der Waals surface area contributed by atoms with Gasteiger partial charge in [0.2, 0.25) is 0 Å². The second kappa shape index (κ2) is 5.77. The fourth-order valence-electron chi connectivity index (χ4n) is 1.95. The highest BCUT2D eigenvalue weighted by atomic mass is 19.1. The van der Waals surface area contributed by atoms with Gasteiger partial charge in [-0.25, -0.2) is 8.78 Å². The maximum absolute atomic E-state index is 13.9. The van der Waals surface area contributed by atoms with Crippen LogP contribution in [0.2, 0.25) is 0 Å². The Kier molecular flexibility index (Phi) is 4.08. The third-order valence-electron chi connectivity index (χ3n) is 2.92. The number of ether oxygens (including phenoxy) is 2. The van der Waals surface area contributed by atoms with E-state index in [9.17, 15) is 8.78 Å². The summed E-state index contributed by atoms with van der Waals surface area (Å²) >= 11 is 0. The molecular weight excluding hydrogens is 264 g/mol. The molecule has 0 aliphatic heterocycles. The molecule has 2 aromatic carbocycles. The molecule has 0 fully saturated rings. The number of rotatable bonds is 4. The summed E-state index contributed by atoms with van der Waals surface area (Å²) in [6.45, 7) is 1.68. The quantitative estimate of drug-likeness (QED) is 0.868. The van der Waals surface area contributed by atoms with Gasteiger partial charge in [0.15, 0.2) is 0 Å². The third-order valence-corrected chi connectivity index (χ3v) is 2.92. The summed E-state index contributed by atoms with van der Waals surface area (Å²) in [5.41, 5.74) is 5.75. The molecule has 0 radical (unpaired) electrons. The Labute approximate surface area is 115 Å². The standard InChI is InChI=1S/C15H15F2NO2/c1-9(15-12(17)4-3-5-14(15)19-2)20-10-6-7-11(16)13(18)8-10/h3-9H,18H2,1-2H3. The molecule has 0 bridgehead atoms. The Morgan fingerprint density at radius 1 is 1.10 bits per heavy atom. The normalized spacial score (nSPS) is 12.0. The maximum atomic E-state index is 13.9. The summed E-state index contributed by atoms with van der Waals surface area (Å²) in [6, 6.07) is 8.54. The van der Waals surface area contributed by atoms with Gasteiger partial charge in [0.05, 0.1) is 18.4 Å². The Hall–Kier alpha value is -2.30. The number of benzene rings is 2. The van der Waals surface area contributed by atoms with Crippen LogP contribution in [0.3, 0.4) is 0 Å². The third kappa shape index (κ3) is 2.82. The fraction of sp³-hybridized carbons (Fsp3) is 0.200. The van der Waals surface area contributed by atoms with Crippen molar-refractivity contribution in [1.29, 1.82) is 0 Å². The molecule has 0 aliphatic rings. The summed E-state index contributed by atoms with van der Waals surface area (Å²) in [4.78, 5) is 0. The van der Waals surface area contributed by atoms with E-state index < -0.39 is 17.7 Å². The minimum Gasteiger partial charge on any atom is -0.496 e. The van der Waals surface area contributed by atoms with Crippen molar-refractivity contribution < 1.29 is 18.3 Å². The van der Waals surface area contributed by atoms with Crippen LogP contribution in [0.5, 0.6) is 11.5 Å². The lowest BCUT2D eigenvalue weighted by Crippen LogP contribution is -2.08. The molecule has 2 N–H and O–H groups in total. The van der Waals surface area contributed by atoms with Crippen molar-refractivity contribution in [3.8, 4) is 11.5 Å². The molecule has 0 aliphatic carbocycles. The van der Waals surface area contributed by atoms with Crippen LogP contribution < -0.4 is 15.2 Å². The van der Waals surface area contributed by atoms with E-state index in [1.54, 1.807) is 19.1 Å². The number of nitrogens with two attached hydrogens (primary N) is 1. The molecule has 1 unspecified atom stereocenters. The topological polar surface area (TPSA) is 44.5 Å². The molecule has 106 valence electrons. The summed E-state index contributed by atoms with van der Waals surface area (Å²) in [7, 11) is 1.46. The molecule has 20 heavy (non-hydrogen) atoms. The van der Waals surface area contributed by atoms with E-state index in [2.05, 4.69) is 0 Å². The predicted octanol–water partition coefficient (Wildman–Crippen LogP) is 3.70. The van der Waals surface area contributed by atoms with E-state index in [1.165, 1.54) is 31.4 Å². The van der Waals surface area contributed by atoms with Crippen molar-refractivity contribution in [1.82, 2.24) is 0 Å². The molecule has 3 nitrogen and oxygen atoms in total. The molecule has 5 heteroatoms. The Balaban J connectivity index is 2.28. The average Bonchev–Trinajstić information content (AvgIpc) is 2.42. The average molecular weight is 279 g/mol. The number of hydrogen-bond acceptors (Lipinski definition) is 3. The van der Waals surface area contributed by atoms with Crippen LogP contribution in [0, 0.1) is 11.6 Å². The molecule has 0 saturated carbocycles. The van der Waals surface area contributed by atoms with Crippen LogP contribution >= 0.6 is 0 Å². The van der Waals surface area contributed by atoms with Gasteiger partial charge in [-0.15, -0.1) is 0 Å². The van der Waals surface area contributed by atoms with Gasteiger partial charge < -0.3 is 15.2 Å². The van der Waals surface area contributed by atoms with Crippen molar-refractivity contribution >= 4 is 5.69 Å². The highest BCUT2D eigenvalue weighted by Crippen LogP contribution is 2.31. The minimum atomic E-state index is -0.601. The van der Waals surface area contributed by atoms with E-state index in [1.807, 2.05) is 0 Å². The molecule has 0 spiro atoms. The minimum absolute atomic E-state index is 0.0183. The van der Waals surface area contributed by atoms with E-state index >= 15 is 0 Å². The SMILES string of the molecule is COc1cccc(F)c1C(C)Oc1ccc(F)c(N)c1. The summed E-state index contributed by atoms with van der Waals surface area (Å²) in [6.07, 6.45) is -0.601. The first-order valence-corrected chi connectivity index (χ1v) is 6.07. The second-order valence-electron chi connectivity index (χ2n) is 4.30. The molecule has 1 atom stereocenters. The van der Waals surface area contributed by atoms with E-state index in [-0.39, 0.29) is 5.69 Å². The van der Waals surface area contributed by atoms with Gasteiger partial charge in [0, 0.05) is 6.07 Å². The first-order valence-electron chi connectivity index (χ1n) is 6.07. The van der Waals surface area contributed by atoms with Crippen molar-refractivity contribution in [2.24, 2.45) is 0 Å². The molecule has 0 amide bonds. The number of anilines is 1. The van der Waals surface area contributed by atoms with E-state index in [0.717, 1.165) is 0 Å². The zero-order valence-corrected chi connectivity index (χ0v) is 11.2. The lowest BCUT2D eigenvalue weighted by atomic mass is 10.1. The van der Waals surface area contributed by atoms with Gasteiger partial charge in [-0.2, -0.15) is 0 Å². The number of hydrogen-bond donors (Lipinski definition) is 1. The molecule has 0 saturated heterocycles. The summed E-state index contributed by atoms with van der Waals surface area (Å²) < 4.78 is 37.7. The fourth-order valence-corrected chi connectivity index (χ4v) is 1.95. The van der Waals surface area contributed by atoms with Crippen molar-refractivity contribution in [3.05, 3.63) is 53.6 Å². The zero-order chi connectivity index (χ0) is 14.7. The Bertz CT molecular complexity index is 617. The first kappa shape index (κ1) is 14.1. The molecular formula is C15H15F2NO2. The number of nitrogen functional groups attached to an aromatic ring is 1. The highest BCUT2D eigenvalue weighted by molar-refractivity contribution is 5.45. The van der Waals surface area contributed by atoms with Gasteiger partial charge in [0.25, 0.3) is 0 Å². The zero-order valence-electron chi connectivity index (χ0n) is 11.2. The van der Waals surface area contributed by atoms with Crippen LogP contribution in [-0.4, -0.2) is 7.11 Å². The number of methoxy groups -OCH3 is 1. The van der Waals surface area contributed by atoms with Gasteiger partial charge >= 0.3 is 0 Å². The maximum Gasteiger partial charge on any atom is 0.146 e. The van der Waals surface area contributed by atoms with Gasteiger partial charge in [-0.3, -0.25) is 0 Å². The Morgan fingerprint density at radius 2 is 1.85 bits per heavy atom. The highest BCUT2D eigenvalue weighted by Gasteiger charge is 2.18. The molecule has 2 aromatic rings. The van der Waals surface area contributed by atoms with Crippen LogP contribution in [0.4, 0.5) is 14.5 Å². The van der Waals surface area contributed by atoms with Crippen LogP contribution in [0.1, 0.15) is 18.6 Å². The smallest absolute Gasteiger partial charge is 0.146 e. The monoisotopic (exact) mass is 279 g/mol. The van der Waals surface area contributed by atoms with Crippen molar-refractivity contribution in [3.63, 3.8) is 0 Å². The molecule has 0 aromatic heterocycles. The lowest BCUT2D eigenvalue weighted by Gasteiger charge is -2.18. The van der Waals surface area contributed by atoms with Gasteiger partial charge in [-0.1, -0.05) is 6.07 Å². The summed E-state index contributed by atoms with van der Waals surface area (Å²) in [5, 5.41) is 0. The first-order chi connectivity index (χ1) is 9.52.